The molecule has 0 radical (unpaired) electrons. The van der Waals surface area contributed by atoms with Crippen LogP contribution in [0.1, 0.15) is 16.1 Å². The molecule has 0 amide bonds. The van der Waals surface area contributed by atoms with E-state index in [1.54, 1.807) is 35.0 Å². The van der Waals surface area contributed by atoms with E-state index in [4.69, 9.17) is 5.11 Å². The van der Waals surface area contributed by atoms with Crippen molar-refractivity contribution in [3.8, 4) is 5.69 Å². The van der Waals surface area contributed by atoms with E-state index >= 15 is 0 Å². The molecule has 3 aromatic rings. The van der Waals surface area contributed by atoms with Gasteiger partial charge in [-0.3, -0.25) is 15.5 Å². The number of nitrogens with one attached hydrogen (secondary N) is 1. The summed E-state index contributed by atoms with van der Waals surface area (Å²) in [6, 6.07) is 12.8. The number of nitro groups is 1. The molecule has 9 nitrogen and oxygen atoms in total. The molecule has 2 N–H and O–H groups in total. The molecule has 0 saturated heterocycles. The number of rotatable bonds is 6. The lowest BCUT2D eigenvalue weighted by atomic mass is 10.2. The largest absolute Gasteiger partial charge is 0.478 e. The smallest absolute Gasteiger partial charge is 0.335 e. The summed E-state index contributed by atoms with van der Waals surface area (Å²) in [5.41, 5.74) is 4.03. The number of aromatic nitrogens is 2. The minimum Gasteiger partial charge on any atom is -0.478 e. The lowest BCUT2D eigenvalue weighted by Gasteiger charge is -2.06. The van der Waals surface area contributed by atoms with Crippen LogP contribution in [0.2, 0.25) is 0 Å². The summed E-state index contributed by atoms with van der Waals surface area (Å²) in [6.45, 7) is 0. The van der Waals surface area contributed by atoms with Crippen molar-refractivity contribution < 1.29 is 14.8 Å². The fraction of sp³-hybridized carbons (Fsp3) is 0. The van der Waals surface area contributed by atoms with Gasteiger partial charge in [0.1, 0.15) is 0 Å². The Balaban J connectivity index is 1.80. The summed E-state index contributed by atoms with van der Waals surface area (Å²) in [5, 5.41) is 23.9. The molecule has 0 bridgehead atoms. The number of anilines is 1. The fourth-order valence-corrected chi connectivity index (χ4v) is 2.29. The predicted octanol–water partition coefficient (Wildman–Crippen LogP) is 2.92. The van der Waals surface area contributed by atoms with E-state index in [9.17, 15) is 14.9 Å². The molecule has 9 heteroatoms. The standard InChI is InChI=1S/C17H13N5O4/c23-17(24)12-5-7-13(8-6-12)21-10-2-3-14(21)11-19-20-16-15(22(25)26)4-1-9-18-16/h1-11H,(H,18,20)(H,23,24)/b19-11-. The monoisotopic (exact) mass is 351 g/mol. The highest BCUT2D eigenvalue weighted by Gasteiger charge is 2.13. The van der Waals surface area contributed by atoms with Gasteiger partial charge in [0.05, 0.1) is 22.4 Å². The predicted molar refractivity (Wildman–Crippen MR) is 94.8 cm³/mol. The molecule has 0 fully saturated rings. The maximum absolute atomic E-state index is 11.0. The summed E-state index contributed by atoms with van der Waals surface area (Å²) in [6.07, 6.45) is 4.71. The molecule has 0 spiro atoms. The summed E-state index contributed by atoms with van der Waals surface area (Å²) >= 11 is 0. The summed E-state index contributed by atoms with van der Waals surface area (Å²) in [7, 11) is 0. The molecule has 2 aromatic heterocycles. The minimum atomic E-state index is -0.994. The highest BCUT2D eigenvalue weighted by Crippen LogP contribution is 2.20. The fourth-order valence-electron chi connectivity index (χ4n) is 2.29. The van der Waals surface area contributed by atoms with Crippen LogP contribution in [-0.4, -0.2) is 31.8 Å². The number of hydrazone groups is 1. The second-order valence-electron chi connectivity index (χ2n) is 5.15. The van der Waals surface area contributed by atoms with Gasteiger partial charge in [0.15, 0.2) is 0 Å². The molecule has 0 aliphatic rings. The summed E-state index contributed by atoms with van der Waals surface area (Å²) in [4.78, 5) is 25.2. The average molecular weight is 351 g/mol. The zero-order chi connectivity index (χ0) is 18.5. The molecule has 0 saturated carbocycles. The van der Waals surface area contributed by atoms with Crippen molar-refractivity contribution in [3.05, 3.63) is 82.3 Å². The van der Waals surface area contributed by atoms with Crippen LogP contribution in [0.25, 0.3) is 5.69 Å². The Morgan fingerprint density at radius 3 is 2.69 bits per heavy atom. The van der Waals surface area contributed by atoms with Gasteiger partial charge in [-0.05, 0) is 42.5 Å². The van der Waals surface area contributed by atoms with Gasteiger partial charge in [-0.25, -0.2) is 9.78 Å². The average Bonchev–Trinajstić information content (AvgIpc) is 3.10. The maximum atomic E-state index is 11.0. The lowest BCUT2D eigenvalue weighted by Crippen LogP contribution is -2.02. The number of carbonyl (C=O) groups is 1. The van der Waals surface area contributed by atoms with Crippen LogP contribution < -0.4 is 5.43 Å². The van der Waals surface area contributed by atoms with Crippen molar-refractivity contribution in [2.24, 2.45) is 5.10 Å². The molecule has 130 valence electrons. The number of carboxylic acids is 1. The first-order valence-electron chi connectivity index (χ1n) is 7.46. The van der Waals surface area contributed by atoms with Crippen molar-refractivity contribution in [1.29, 1.82) is 0 Å². The van der Waals surface area contributed by atoms with Crippen LogP contribution in [0.3, 0.4) is 0 Å². The van der Waals surface area contributed by atoms with E-state index in [1.165, 1.54) is 36.7 Å². The van der Waals surface area contributed by atoms with Crippen molar-refractivity contribution in [3.63, 3.8) is 0 Å². The first kappa shape index (κ1) is 16.8. The molecule has 3 rings (SSSR count). The third-order valence-electron chi connectivity index (χ3n) is 3.52. The number of aromatic carboxylic acids is 1. The Hall–Kier alpha value is -4.01. The molecule has 0 unspecified atom stereocenters. The molecule has 0 atom stereocenters. The Kier molecular flexibility index (Phi) is 4.70. The van der Waals surface area contributed by atoms with Gasteiger partial charge in [0, 0.05) is 24.1 Å². The molecular formula is C17H13N5O4. The van der Waals surface area contributed by atoms with Gasteiger partial charge in [0.2, 0.25) is 5.82 Å². The maximum Gasteiger partial charge on any atom is 0.335 e. The van der Waals surface area contributed by atoms with E-state index in [0.717, 1.165) is 5.69 Å². The third kappa shape index (κ3) is 3.56. The number of carboxylic acid groups (broad SMARTS) is 1. The van der Waals surface area contributed by atoms with E-state index in [1.807, 2.05) is 0 Å². The molecule has 0 aliphatic carbocycles. The van der Waals surface area contributed by atoms with E-state index in [0.29, 0.717) is 5.69 Å². The molecule has 2 heterocycles. The molecule has 26 heavy (non-hydrogen) atoms. The first-order chi connectivity index (χ1) is 12.6. The van der Waals surface area contributed by atoms with Gasteiger partial charge in [-0.2, -0.15) is 5.10 Å². The Bertz CT molecular complexity index is 979. The highest BCUT2D eigenvalue weighted by molar-refractivity contribution is 5.88. The molecular weight excluding hydrogens is 338 g/mol. The summed E-state index contributed by atoms with van der Waals surface area (Å²) < 4.78 is 1.80. The molecule has 1 aromatic carbocycles. The van der Waals surface area contributed by atoms with Crippen LogP contribution >= 0.6 is 0 Å². The highest BCUT2D eigenvalue weighted by atomic mass is 16.6. The second-order valence-corrected chi connectivity index (χ2v) is 5.15. The Labute approximate surface area is 147 Å². The van der Waals surface area contributed by atoms with Crippen LogP contribution in [0.4, 0.5) is 11.5 Å². The third-order valence-corrected chi connectivity index (χ3v) is 3.52. The Morgan fingerprint density at radius 2 is 2.00 bits per heavy atom. The topological polar surface area (TPSA) is 123 Å². The number of hydrogen-bond acceptors (Lipinski definition) is 6. The lowest BCUT2D eigenvalue weighted by molar-refractivity contribution is -0.384. The zero-order valence-corrected chi connectivity index (χ0v) is 13.3. The van der Waals surface area contributed by atoms with Crippen molar-refractivity contribution in [2.75, 3.05) is 5.43 Å². The number of nitrogens with zero attached hydrogens (tertiary/aromatic N) is 4. The van der Waals surface area contributed by atoms with E-state index in [2.05, 4.69) is 15.5 Å². The van der Waals surface area contributed by atoms with Gasteiger partial charge in [-0.15, -0.1) is 0 Å². The van der Waals surface area contributed by atoms with Gasteiger partial charge in [0.25, 0.3) is 0 Å². The van der Waals surface area contributed by atoms with Crippen LogP contribution in [0.5, 0.6) is 0 Å². The van der Waals surface area contributed by atoms with E-state index < -0.39 is 10.9 Å². The van der Waals surface area contributed by atoms with Crippen LogP contribution in [-0.2, 0) is 0 Å². The van der Waals surface area contributed by atoms with Gasteiger partial charge < -0.3 is 9.67 Å². The van der Waals surface area contributed by atoms with E-state index in [-0.39, 0.29) is 17.1 Å². The van der Waals surface area contributed by atoms with Gasteiger partial charge >= 0.3 is 11.7 Å². The van der Waals surface area contributed by atoms with Crippen molar-refractivity contribution in [2.45, 2.75) is 0 Å². The number of hydrogen-bond donors (Lipinski definition) is 2. The SMILES string of the molecule is O=C(O)c1ccc(-n2cccc2/C=N\Nc2ncccc2[N+](=O)[O-])cc1. The number of pyridine rings is 1. The van der Waals surface area contributed by atoms with Crippen LogP contribution in [0, 0.1) is 10.1 Å². The zero-order valence-electron chi connectivity index (χ0n) is 13.3. The minimum absolute atomic E-state index is 0.0395. The van der Waals surface area contributed by atoms with Crippen molar-refractivity contribution >= 4 is 23.7 Å². The van der Waals surface area contributed by atoms with Crippen LogP contribution in [0.15, 0.2) is 66.0 Å². The molecule has 0 aliphatic heterocycles. The normalized spacial score (nSPS) is 10.8. The Morgan fingerprint density at radius 1 is 1.23 bits per heavy atom. The van der Waals surface area contributed by atoms with Crippen molar-refractivity contribution in [1.82, 2.24) is 9.55 Å². The first-order valence-corrected chi connectivity index (χ1v) is 7.46. The second kappa shape index (κ2) is 7.26. The van der Waals surface area contributed by atoms with Gasteiger partial charge in [-0.1, -0.05) is 0 Å². The quantitative estimate of drug-likeness (QED) is 0.400. The summed E-state index contributed by atoms with van der Waals surface area (Å²) in [5.74, 6) is -0.954. The number of benzene rings is 1.